The van der Waals surface area contributed by atoms with Gasteiger partial charge in [-0.15, -0.1) is 10.2 Å². The van der Waals surface area contributed by atoms with Crippen molar-refractivity contribution in [3.8, 4) is 0 Å². The number of morpholine rings is 1. The van der Waals surface area contributed by atoms with Crippen LogP contribution in [0.15, 0.2) is 6.33 Å². The molecule has 0 aromatic carbocycles. The summed E-state index contributed by atoms with van der Waals surface area (Å²) in [6.07, 6.45) is 3.25. The first kappa shape index (κ1) is 18.8. The molecule has 2 N–H and O–H groups in total. The third kappa shape index (κ3) is 4.59. The standard InChI is InChI=1S/C17H28N6O3/c1-2-3-23-12-20-21-15(23)11-19-16(24)13-8-14(10-18-9-13)17(25)22-4-6-26-7-5-22/h12-14,18H,2-11H2,1H3,(H,19,24)/t13-,14+/m1/s1. The molecule has 0 saturated carbocycles. The SMILES string of the molecule is CCCn1cnnc1CNC(=O)[C@H]1CNC[C@@H](C(=O)N2CCOCC2)C1. The summed E-state index contributed by atoms with van der Waals surface area (Å²) >= 11 is 0. The predicted octanol–water partition coefficient (Wildman–Crippen LogP) is -0.611. The molecular formula is C17H28N6O3. The lowest BCUT2D eigenvalue weighted by molar-refractivity contribution is -0.141. The smallest absolute Gasteiger partial charge is 0.227 e. The predicted molar refractivity (Wildman–Crippen MR) is 94.0 cm³/mol. The number of carbonyl (C=O) groups is 2. The van der Waals surface area contributed by atoms with Crippen LogP contribution in [0.1, 0.15) is 25.6 Å². The first-order chi connectivity index (χ1) is 12.7. The molecule has 2 aliphatic rings. The molecule has 2 amide bonds. The Morgan fingerprint density at radius 1 is 1.31 bits per heavy atom. The van der Waals surface area contributed by atoms with Crippen LogP contribution in [0.5, 0.6) is 0 Å². The summed E-state index contributed by atoms with van der Waals surface area (Å²) in [4.78, 5) is 27.1. The van der Waals surface area contributed by atoms with E-state index in [1.807, 2.05) is 9.47 Å². The zero-order valence-electron chi connectivity index (χ0n) is 15.3. The number of hydrogen-bond acceptors (Lipinski definition) is 6. The number of carbonyl (C=O) groups excluding carboxylic acids is 2. The molecule has 3 heterocycles. The lowest BCUT2D eigenvalue weighted by atomic mass is 9.88. The molecule has 9 heteroatoms. The Balaban J connectivity index is 1.51. The monoisotopic (exact) mass is 364 g/mol. The van der Waals surface area contributed by atoms with Gasteiger partial charge in [-0.3, -0.25) is 9.59 Å². The number of hydrogen-bond donors (Lipinski definition) is 2. The average molecular weight is 364 g/mol. The van der Waals surface area contributed by atoms with Crippen LogP contribution in [0.25, 0.3) is 0 Å². The third-order valence-electron chi connectivity index (χ3n) is 4.97. The summed E-state index contributed by atoms with van der Waals surface area (Å²) in [5.41, 5.74) is 0. The molecule has 0 aliphatic carbocycles. The van der Waals surface area contributed by atoms with Crippen molar-refractivity contribution in [3.63, 3.8) is 0 Å². The number of nitrogens with zero attached hydrogens (tertiary/aromatic N) is 4. The van der Waals surface area contributed by atoms with Crippen molar-refractivity contribution in [2.75, 3.05) is 39.4 Å². The Bertz CT molecular complexity index is 613. The minimum Gasteiger partial charge on any atom is -0.378 e. The molecule has 2 aliphatic heterocycles. The van der Waals surface area contributed by atoms with Gasteiger partial charge in [0.15, 0.2) is 5.82 Å². The number of piperidine rings is 1. The van der Waals surface area contributed by atoms with E-state index in [4.69, 9.17) is 4.74 Å². The molecule has 26 heavy (non-hydrogen) atoms. The van der Waals surface area contributed by atoms with Crippen molar-refractivity contribution in [2.45, 2.75) is 32.9 Å². The van der Waals surface area contributed by atoms with Crippen molar-refractivity contribution in [2.24, 2.45) is 11.8 Å². The summed E-state index contributed by atoms with van der Waals surface area (Å²) in [5, 5.41) is 14.2. The topological polar surface area (TPSA) is 101 Å². The second-order valence-electron chi connectivity index (χ2n) is 6.88. The van der Waals surface area contributed by atoms with E-state index in [0.717, 1.165) is 18.8 Å². The van der Waals surface area contributed by atoms with Gasteiger partial charge in [0, 0.05) is 32.7 Å². The van der Waals surface area contributed by atoms with Gasteiger partial charge < -0.3 is 24.8 Å². The van der Waals surface area contributed by atoms with Gasteiger partial charge >= 0.3 is 0 Å². The number of amides is 2. The van der Waals surface area contributed by atoms with Gasteiger partial charge in [0.25, 0.3) is 0 Å². The lowest BCUT2D eigenvalue weighted by Crippen LogP contribution is -2.51. The Hall–Kier alpha value is -2.00. The van der Waals surface area contributed by atoms with E-state index >= 15 is 0 Å². The van der Waals surface area contributed by atoms with Crippen LogP contribution in [0.3, 0.4) is 0 Å². The van der Waals surface area contributed by atoms with Crippen LogP contribution in [-0.4, -0.2) is 70.9 Å². The summed E-state index contributed by atoms with van der Waals surface area (Å²) < 4.78 is 7.25. The highest BCUT2D eigenvalue weighted by atomic mass is 16.5. The fourth-order valence-electron chi connectivity index (χ4n) is 3.53. The summed E-state index contributed by atoms with van der Waals surface area (Å²) in [5.74, 6) is 0.483. The highest BCUT2D eigenvalue weighted by molar-refractivity contribution is 5.83. The van der Waals surface area contributed by atoms with Crippen molar-refractivity contribution in [1.29, 1.82) is 0 Å². The van der Waals surface area contributed by atoms with Gasteiger partial charge in [-0.1, -0.05) is 6.92 Å². The molecule has 0 spiro atoms. The van der Waals surface area contributed by atoms with Crippen molar-refractivity contribution < 1.29 is 14.3 Å². The maximum atomic E-state index is 12.7. The fraction of sp³-hybridized carbons (Fsp3) is 0.765. The van der Waals surface area contributed by atoms with Crippen molar-refractivity contribution in [3.05, 3.63) is 12.2 Å². The minimum absolute atomic E-state index is 0.0389. The quantitative estimate of drug-likeness (QED) is 0.698. The molecule has 9 nitrogen and oxygen atoms in total. The van der Waals surface area contributed by atoms with E-state index in [2.05, 4.69) is 27.8 Å². The first-order valence-electron chi connectivity index (χ1n) is 9.40. The maximum Gasteiger partial charge on any atom is 0.227 e. The van der Waals surface area contributed by atoms with Crippen LogP contribution in [-0.2, 0) is 27.4 Å². The molecule has 0 bridgehead atoms. The van der Waals surface area contributed by atoms with E-state index < -0.39 is 0 Å². The Morgan fingerprint density at radius 3 is 2.85 bits per heavy atom. The second kappa shape index (κ2) is 9.09. The van der Waals surface area contributed by atoms with Crippen LogP contribution in [0, 0.1) is 11.8 Å². The van der Waals surface area contributed by atoms with Crippen LogP contribution >= 0.6 is 0 Å². The fourth-order valence-corrected chi connectivity index (χ4v) is 3.53. The maximum absolute atomic E-state index is 12.7. The highest BCUT2D eigenvalue weighted by Crippen LogP contribution is 2.20. The summed E-state index contributed by atoms with van der Waals surface area (Å²) in [6, 6.07) is 0. The number of rotatable bonds is 6. The molecule has 2 saturated heterocycles. The number of nitrogens with one attached hydrogen (secondary N) is 2. The van der Waals surface area contributed by atoms with Crippen molar-refractivity contribution >= 4 is 11.8 Å². The zero-order valence-corrected chi connectivity index (χ0v) is 15.3. The molecule has 144 valence electrons. The van der Waals surface area contributed by atoms with Gasteiger partial charge in [0.1, 0.15) is 6.33 Å². The lowest BCUT2D eigenvalue weighted by Gasteiger charge is -2.34. The second-order valence-corrected chi connectivity index (χ2v) is 6.88. The van der Waals surface area contributed by atoms with Gasteiger partial charge in [-0.2, -0.15) is 0 Å². The van der Waals surface area contributed by atoms with E-state index in [1.165, 1.54) is 0 Å². The molecule has 2 atom stereocenters. The molecule has 3 rings (SSSR count). The van der Waals surface area contributed by atoms with E-state index in [-0.39, 0.29) is 23.7 Å². The number of ether oxygens (including phenoxy) is 1. The zero-order chi connectivity index (χ0) is 18.4. The van der Waals surface area contributed by atoms with Gasteiger partial charge in [0.05, 0.1) is 31.6 Å². The van der Waals surface area contributed by atoms with Crippen LogP contribution in [0.4, 0.5) is 0 Å². The molecule has 0 radical (unpaired) electrons. The Kier molecular flexibility index (Phi) is 6.56. The van der Waals surface area contributed by atoms with Crippen LogP contribution in [0.2, 0.25) is 0 Å². The van der Waals surface area contributed by atoms with Gasteiger partial charge in [-0.05, 0) is 12.8 Å². The Labute approximate surface area is 153 Å². The summed E-state index contributed by atoms with van der Waals surface area (Å²) in [6.45, 7) is 6.96. The first-order valence-corrected chi connectivity index (χ1v) is 9.40. The largest absolute Gasteiger partial charge is 0.378 e. The van der Waals surface area contributed by atoms with E-state index in [1.54, 1.807) is 6.33 Å². The molecule has 1 aromatic heterocycles. The molecule has 1 aromatic rings. The van der Waals surface area contributed by atoms with Crippen molar-refractivity contribution in [1.82, 2.24) is 30.3 Å². The van der Waals surface area contributed by atoms with Gasteiger partial charge in [-0.25, -0.2) is 0 Å². The van der Waals surface area contributed by atoms with Crippen LogP contribution < -0.4 is 10.6 Å². The minimum atomic E-state index is -0.207. The molecule has 0 unspecified atom stereocenters. The number of aryl methyl sites for hydroxylation is 1. The average Bonchev–Trinajstić information content (AvgIpc) is 3.14. The normalized spacial score (nSPS) is 23.7. The summed E-state index contributed by atoms with van der Waals surface area (Å²) in [7, 11) is 0. The highest BCUT2D eigenvalue weighted by Gasteiger charge is 2.33. The number of aromatic nitrogens is 3. The Morgan fingerprint density at radius 2 is 2.08 bits per heavy atom. The molecular weight excluding hydrogens is 336 g/mol. The third-order valence-corrected chi connectivity index (χ3v) is 4.97. The van der Waals surface area contributed by atoms with E-state index in [9.17, 15) is 9.59 Å². The van der Waals surface area contributed by atoms with E-state index in [0.29, 0.717) is 52.4 Å². The van der Waals surface area contributed by atoms with Gasteiger partial charge in [0.2, 0.25) is 11.8 Å². The molecule has 2 fully saturated rings.